The zero-order chi connectivity index (χ0) is 18.0. The molecule has 3 rings (SSSR count). The normalized spacial score (nSPS) is 16.2. The summed E-state index contributed by atoms with van der Waals surface area (Å²) in [6.45, 7) is 4.18. The third kappa shape index (κ3) is 3.61. The van der Waals surface area contributed by atoms with Gasteiger partial charge in [0.05, 0.1) is 24.4 Å². The van der Waals surface area contributed by atoms with E-state index in [0.717, 1.165) is 5.56 Å². The molecule has 1 atom stereocenters. The lowest BCUT2D eigenvalue weighted by atomic mass is 10.1. The molecule has 0 bridgehead atoms. The second-order valence-corrected chi connectivity index (χ2v) is 6.15. The molecule has 1 aliphatic rings. The molecule has 2 aromatic rings. The number of carbonyl (C=O) groups is 2. The Morgan fingerprint density at radius 1 is 1.24 bits per heavy atom. The van der Waals surface area contributed by atoms with E-state index in [1.54, 1.807) is 49.1 Å². The van der Waals surface area contributed by atoms with E-state index in [2.05, 4.69) is 0 Å². The number of anilines is 1. The average Bonchev–Trinajstić information content (AvgIpc) is 2.60. The van der Waals surface area contributed by atoms with Gasteiger partial charge in [-0.3, -0.25) is 4.79 Å². The molecule has 1 heterocycles. The topological polar surface area (TPSA) is 55.8 Å². The quantitative estimate of drug-likeness (QED) is 0.778. The fourth-order valence-corrected chi connectivity index (χ4v) is 2.85. The van der Waals surface area contributed by atoms with Crippen LogP contribution in [0.5, 0.6) is 5.75 Å². The Bertz CT molecular complexity index is 804. The molecule has 25 heavy (non-hydrogen) atoms. The molecule has 0 aromatic heterocycles. The van der Waals surface area contributed by atoms with Crippen molar-refractivity contribution in [3.8, 4) is 5.75 Å². The molecule has 0 saturated carbocycles. The summed E-state index contributed by atoms with van der Waals surface area (Å²) in [5.41, 5.74) is 2.02. The van der Waals surface area contributed by atoms with E-state index in [1.807, 2.05) is 12.1 Å². The number of hydrogen-bond donors (Lipinski definition) is 0. The fraction of sp³-hybridized carbons (Fsp3) is 0.263. The van der Waals surface area contributed by atoms with Gasteiger partial charge in [0.2, 0.25) is 0 Å². The molecule has 0 fully saturated rings. The van der Waals surface area contributed by atoms with Crippen LogP contribution < -0.4 is 9.64 Å². The number of benzene rings is 2. The van der Waals surface area contributed by atoms with Gasteiger partial charge in [-0.15, -0.1) is 0 Å². The first-order valence-electron chi connectivity index (χ1n) is 8.03. The van der Waals surface area contributed by atoms with Crippen molar-refractivity contribution in [3.05, 3.63) is 58.6 Å². The van der Waals surface area contributed by atoms with Crippen molar-refractivity contribution in [3.63, 3.8) is 0 Å². The lowest BCUT2D eigenvalue weighted by Crippen LogP contribution is -2.44. The summed E-state index contributed by atoms with van der Waals surface area (Å²) >= 11 is 6.07. The summed E-state index contributed by atoms with van der Waals surface area (Å²) in [6, 6.07) is 12.2. The number of fused-ring (bicyclic) bond motifs is 1. The summed E-state index contributed by atoms with van der Waals surface area (Å²) < 4.78 is 10.6. The number of halogens is 1. The van der Waals surface area contributed by atoms with Gasteiger partial charge in [0.1, 0.15) is 5.75 Å². The van der Waals surface area contributed by atoms with Crippen molar-refractivity contribution in [2.75, 3.05) is 11.5 Å². The molecule has 0 saturated heterocycles. The first-order valence-corrected chi connectivity index (χ1v) is 8.41. The van der Waals surface area contributed by atoms with Crippen LogP contribution >= 0.6 is 11.6 Å². The van der Waals surface area contributed by atoms with Crippen LogP contribution in [0.15, 0.2) is 42.5 Å². The molecular formula is C19H18ClNO4. The van der Waals surface area contributed by atoms with E-state index < -0.39 is 6.10 Å². The third-order valence-electron chi connectivity index (χ3n) is 3.94. The zero-order valence-corrected chi connectivity index (χ0v) is 14.7. The first kappa shape index (κ1) is 17.3. The van der Waals surface area contributed by atoms with Gasteiger partial charge in [-0.2, -0.15) is 0 Å². The number of hydrogen-bond acceptors (Lipinski definition) is 4. The van der Waals surface area contributed by atoms with Crippen molar-refractivity contribution in [2.45, 2.75) is 26.5 Å². The van der Waals surface area contributed by atoms with Crippen molar-refractivity contribution in [1.82, 2.24) is 0 Å². The summed E-state index contributed by atoms with van der Waals surface area (Å²) in [7, 11) is 0. The predicted octanol–water partition coefficient (Wildman–Crippen LogP) is 3.83. The SMILES string of the molecule is CCOC(=O)c1ccc(CN2C(=O)C(C)Oc3ccc(Cl)cc32)cc1. The molecule has 1 unspecified atom stereocenters. The van der Waals surface area contributed by atoms with Crippen LogP contribution in [0.2, 0.25) is 5.02 Å². The predicted molar refractivity (Wildman–Crippen MR) is 95.1 cm³/mol. The van der Waals surface area contributed by atoms with Gasteiger partial charge in [0.25, 0.3) is 5.91 Å². The second kappa shape index (κ2) is 7.15. The van der Waals surface area contributed by atoms with E-state index in [9.17, 15) is 9.59 Å². The van der Waals surface area contributed by atoms with Crippen LogP contribution in [-0.4, -0.2) is 24.6 Å². The van der Waals surface area contributed by atoms with E-state index in [4.69, 9.17) is 21.1 Å². The molecule has 6 heteroatoms. The number of nitrogens with zero attached hydrogens (tertiary/aromatic N) is 1. The largest absolute Gasteiger partial charge is 0.479 e. The van der Waals surface area contributed by atoms with Crippen LogP contribution in [0.1, 0.15) is 29.8 Å². The van der Waals surface area contributed by atoms with Crippen LogP contribution in [0.3, 0.4) is 0 Å². The third-order valence-corrected chi connectivity index (χ3v) is 4.17. The number of carbonyl (C=O) groups excluding carboxylic acids is 2. The van der Waals surface area contributed by atoms with Gasteiger partial charge >= 0.3 is 5.97 Å². The molecule has 1 amide bonds. The van der Waals surface area contributed by atoms with Gasteiger partial charge in [-0.05, 0) is 49.7 Å². The Hall–Kier alpha value is -2.53. The molecule has 0 radical (unpaired) electrons. The monoisotopic (exact) mass is 359 g/mol. The van der Waals surface area contributed by atoms with Crippen molar-refractivity contribution in [2.24, 2.45) is 0 Å². The maximum atomic E-state index is 12.5. The molecule has 2 aromatic carbocycles. The second-order valence-electron chi connectivity index (χ2n) is 5.71. The molecule has 130 valence electrons. The van der Waals surface area contributed by atoms with E-state index in [0.29, 0.717) is 35.2 Å². The number of ether oxygens (including phenoxy) is 2. The zero-order valence-electron chi connectivity index (χ0n) is 14.0. The summed E-state index contributed by atoms with van der Waals surface area (Å²) in [4.78, 5) is 25.9. The van der Waals surface area contributed by atoms with Crippen LogP contribution in [0.25, 0.3) is 0 Å². The minimum absolute atomic E-state index is 0.135. The minimum atomic E-state index is -0.563. The molecule has 0 aliphatic carbocycles. The number of amides is 1. The van der Waals surface area contributed by atoms with Crippen molar-refractivity contribution >= 4 is 29.2 Å². The standard InChI is InChI=1S/C19H18ClNO4/c1-3-24-19(23)14-6-4-13(5-7-14)11-21-16-10-15(20)8-9-17(16)25-12(2)18(21)22/h4-10,12H,3,11H2,1-2H3. The Morgan fingerprint density at radius 2 is 1.96 bits per heavy atom. The van der Waals surface area contributed by atoms with Crippen molar-refractivity contribution < 1.29 is 19.1 Å². The molecule has 0 N–H and O–H groups in total. The highest BCUT2D eigenvalue weighted by Gasteiger charge is 2.31. The molecule has 5 nitrogen and oxygen atoms in total. The highest BCUT2D eigenvalue weighted by atomic mass is 35.5. The van der Waals surface area contributed by atoms with Gasteiger partial charge in [0.15, 0.2) is 6.10 Å². The maximum Gasteiger partial charge on any atom is 0.338 e. The van der Waals surface area contributed by atoms with Crippen LogP contribution in [0, 0.1) is 0 Å². The summed E-state index contributed by atoms with van der Waals surface area (Å²) in [5, 5.41) is 0.535. The lowest BCUT2D eigenvalue weighted by Gasteiger charge is -2.33. The number of rotatable bonds is 4. The van der Waals surface area contributed by atoms with E-state index >= 15 is 0 Å². The Balaban J connectivity index is 1.86. The lowest BCUT2D eigenvalue weighted by molar-refractivity contribution is -0.125. The summed E-state index contributed by atoms with van der Waals surface area (Å²) in [5.74, 6) is 0.131. The Kier molecular flexibility index (Phi) is 4.95. The smallest absolute Gasteiger partial charge is 0.338 e. The average molecular weight is 360 g/mol. The van der Waals surface area contributed by atoms with Gasteiger partial charge < -0.3 is 14.4 Å². The van der Waals surface area contributed by atoms with E-state index in [-0.39, 0.29) is 11.9 Å². The Morgan fingerprint density at radius 3 is 2.64 bits per heavy atom. The maximum absolute atomic E-state index is 12.5. The van der Waals surface area contributed by atoms with Gasteiger partial charge in [-0.1, -0.05) is 23.7 Å². The highest BCUT2D eigenvalue weighted by molar-refractivity contribution is 6.31. The summed E-state index contributed by atoms with van der Waals surface area (Å²) in [6.07, 6.45) is -0.563. The van der Waals surface area contributed by atoms with Gasteiger partial charge in [-0.25, -0.2) is 4.79 Å². The van der Waals surface area contributed by atoms with Crippen molar-refractivity contribution in [1.29, 1.82) is 0 Å². The van der Waals surface area contributed by atoms with Gasteiger partial charge in [0, 0.05) is 5.02 Å². The highest BCUT2D eigenvalue weighted by Crippen LogP contribution is 2.37. The fourth-order valence-electron chi connectivity index (χ4n) is 2.69. The molecular weight excluding hydrogens is 342 g/mol. The molecule has 0 spiro atoms. The first-order chi connectivity index (χ1) is 12.0. The van der Waals surface area contributed by atoms with Crippen LogP contribution in [0.4, 0.5) is 5.69 Å². The number of esters is 1. The minimum Gasteiger partial charge on any atom is -0.479 e. The molecule has 1 aliphatic heterocycles. The Labute approximate surface area is 151 Å². The van der Waals surface area contributed by atoms with Crippen LogP contribution in [-0.2, 0) is 16.1 Å². The van der Waals surface area contributed by atoms with E-state index in [1.165, 1.54) is 0 Å².